The summed E-state index contributed by atoms with van der Waals surface area (Å²) in [7, 11) is 0. The summed E-state index contributed by atoms with van der Waals surface area (Å²) in [4.78, 5) is 4.41. The Morgan fingerprint density at radius 1 is 1.28 bits per heavy atom. The molecular formula is C23H24F3N5O. The number of aromatic nitrogens is 1. The molecule has 4 N–H and O–H groups in total. The van der Waals surface area contributed by atoms with Crippen LogP contribution in [0.25, 0.3) is 5.57 Å². The lowest BCUT2D eigenvalue weighted by molar-refractivity contribution is -0.274. The average Bonchev–Trinajstić information content (AvgIpc) is 2.70. The van der Waals surface area contributed by atoms with E-state index in [0.717, 1.165) is 17.6 Å². The SMILES string of the molecule is CCC#CN/C=C(\C)c1ccnc(Nc2ccc(OC(F)(F)F)cc2)c1C(=N)C1CNC1. The summed E-state index contributed by atoms with van der Waals surface area (Å²) in [6.45, 7) is 5.29. The molecule has 2 aromatic rings. The van der Waals surface area contributed by atoms with Gasteiger partial charge >= 0.3 is 6.36 Å². The summed E-state index contributed by atoms with van der Waals surface area (Å²) in [6.07, 6.45) is -0.603. The zero-order chi connectivity index (χ0) is 23.1. The van der Waals surface area contributed by atoms with Crippen LogP contribution in [0.1, 0.15) is 31.4 Å². The van der Waals surface area contributed by atoms with Gasteiger partial charge in [-0.05, 0) is 48.4 Å². The molecule has 0 bridgehead atoms. The Labute approximate surface area is 184 Å². The number of nitrogens with one attached hydrogen (secondary N) is 4. The molecule has 1 aliphatic heterocycles. The summed E-state index contributed by atoms with van der Waals surface area (Å²) in [5.74, 6) is 3.13. The maximum Gasteiger partial charge on any atom is 0.573 e. The molecule has 0 atom stereocenters. The fraction of sp³-hybridized carbons (Fsp3) is 0.304. The molecule has 0 saturated carbocycles. The van der Waals surface area contributed by atoms with Crippen molar-refractivity contribution in [2.75, 3.05) is 18.4 Å². The van der Waals surface area contributed by atoms with Crippen LogP contribution in [0.3, 0.4) is 0 Å². The zero-order valence-electron chi connectivity index (χ0n) is 17.7. The number of nitrogens with zero attached hydrogens (tertiary/aromatic N) is 1. The van der Waals surface area contributed by atoms with E-state index < -0.39 is 6.36 Å². The Hall–Kier alpha value is -3.51. The second-order valence-corrected chi connectivity index (χ2v) is 7.18. The highest BCUT2D eigenvalue weighted by atomic mass is 19.4. The Morgan fingerprint density at radius 2 is 2.00 bits per heavy atom. The van der Waals surface area contributed by atoms with Crippen LogP contribution >= 0.6 is 0 Å². The van der Waals surface area contributed by atoms with Crippen LogP contribution in [0, 0.1) is 23.3 Å². The lowest BCUT2D eigenvalue weighted by Gasteiger charge is -2.29. The van der Waals surface area contributed by atoms with Crippen LogP contribution in [-0.2, 0) is 0 Å². The van der Waals surface area contributed by atoms with Crippen molar-refractivity contribution in [1.29, 1.82) is 5.41 Å². The molecule has 3 rings (SSSR count). The Kier molecular flexibility index (Phi) is 7.38. The molecule has 1 aromatic heterocycles. The van der Waals surface area contributed by atoms with E-state index in [1.54, 1.807) is 12.4 Å². The van der Waals surface area contributed by atoms with Crippen LogP contribution < -0.4 is 20.7 Å². The lowest BCUT2D eigenvalue weighted by Crippen LogP contribution is -2.46. The highest BCUT2D eigenvalue weighted by Gasteiger charge is 2.31. The first kappa shape index (κ1) is 23.2. The van der Waals surface area contributed by atoms with Crippen LogP contribution in [0.2, 0.25) is 0 Å². The molecule has 2 heterocycles. The lowest BCUT2D eigenvalue weighted by atomic mass is 9.88. The first-order valence-electron chi connectivity index (χ1n) is 10.1. The van der Waals surface area contributed by atoms with Crippen LogP contribution in [0.4, 0.5) is 24.7 Å². The number of allylic oxidation sites excluding steroid dienone is 1. The summed E-state index contributed by atoms with van der Waals surface area (Å²) in [5.41, 5.74) is 3.31. The second-order valence-electron chi connectivity index (χ2n) is 7.18. The number of alkyl halides is 3. The molecule has 9 heteroatoms. The first-order chi connectivity index (χ1) is 15.3. The van der Waals surface area contributed by atoms with E-state index in [0.29, 0.717) is 35.9 Å². The predicted molar refractivity (Wildman–Crippen MR) is 119 cm³/mol. The topological polar surface area (TPSA) is 82.1 Å². The third-order valence-corrected chi connectivity index (χ3v) is 4.81. The molecule has 0 amide bonds. The number of rotatable bonds is 7. The molecule has 0 radical (unpaired) electrons. The smallest absolute Gasteiger partial charge is 0.406 e. The molecule has 1 aromatic carbocycles. The van der Waals surface area contributed by atoms with E-state index in [4.69, 9.17) is 5.41 Å². The first-order valence-corrected chi connectivity index (χ1v) is 10.1. The van der Waals surface area contributed by atoms with Crippen molar-refractivity contribution in [2.45, 2.75) is 26.6 Å². The number of benzene rings is 1. The third-order valence-electron chi connectivity index (χ3n) is 4.81. The number of hydrogen-bond donors (Lipinski definition) is 4. The second kappa shape index (κ2) is 10.2. The molecule has 168 valence electrons. The quantitative estimate of drug-likeness (QED) is 0.285. The predicted octanol–water partition coefficient (Wildman–Crippen LogP) is 4.63. The highest BCUT2D eigenvalue weighted by molar-refractivity contribution is 6.08. The largest absolute Gasteiger partial charge is 0.573 e. The van der Waals surface area contributed by atoms with Crippen molar-refractivity contribution in [3.05, 3.63) is 53.9 Å². The Morgan fingerprint density at radius 3 is 2.59 bits per heavy atom. The summed E-state index contributed by atoms with van der Waals surface area (Å²) >= 11 is 0. The van der Waals surface area contributed by atoms with Gasteiger partial charge in [0.2, 0.25) is 0 Å². The molecule has 1 fully saturated rings. The van der Waals surface area contributed by atoms with Gasteiger partial charge < -0.3 is 26.1 Å². The van der Waals surface area contributed by atoms with E-state index in [9.17, 15) is 13.2 Å². The molecular weight excluding hydrogens is 419 g/mol. The minimum atomic E-state index is -4.75. The zero-order valence-corrected chi connectivity index (χ0v) is 17.7. The number of pyridine rings is 1. The van der Waals surface area contributed by atoms with E-state index in [1.165, 1.54) is 24.3 Å². The van der Waals surface area contributed by atoms with Crippen molar-refractivity contribution >= 4 is 22.8 Å². The van der Waals surface area contributed by atoms with E-state index in [-0.39, 0.29) is 11.7 Å². The number of hydrogen-bond acceptors (Lipinski definition) is 6. The van der Waals surface area contributed by atoms with Crippen LogP contribution in [-0.4, -0.2) is 30.1 Å². The molecule has 0 spiro atoms. The molecule has 0 unspecified atom stereocenters. The highest BCUT2D eigenvalue weighted by Crippen LogP contribution is 2.30. The fourth-order valence-corrected chi connectivity index (χ4v) is 3.09. The van der Waals surface area contributed by atoms with Gasteiger partial charge in [0.15, 0.2) is 0 Å². The summed E-state index contributed by atoms with van der Waals surface area (Å²) in [5, 5.41) is 18.0. The third kappa shape index (κ3) is 6.02. The molecule has 32 heavy (non-hydrogen) atoms. The van der Waals surface area contributed by atoms with Gasteiger partial charge in [-0.2, -0.15) is 0 Å². The van der Waals surface area contributed by atoms with Crippen LogP contribution in [0.5, 0.6) is 5.75 Å². The van der Waals surface area contributed by atoms with Gasteiger partial charge in [-0.25, -0.2) is 4.98 Å². The Balaban J connectivity index is 1.92. The summed E-state index contributed by atoms with van der Waals surface area (Å²) in [6, 6.07) is 10.1. The fourth-order valence-electron chi connectivity index (χ4n) is 3.09. The van der Waals surface area contributed by atoms with Gasteiger partial charge in [-0.15, -0.1) is 13.2 Å². The molecule has 6 nitrogen and oxygen atoms in total. The van der Waals surface area contributed by atoms with Crippen LogP contribution in [0.15, 0.2) is 42.7 Å². The standard InChI is InChI=1S/C23H24F3N5O/c1-3-4-10-28-12-15(2)19-9-11-30-22(20(19)21(27)16-13-29-14-16)31-17-5-7-18(8-6-17)32-23(24,25)26/h5-9,11-12,16,27-29H,3,13-14H2,1-2H3,(H,30,31)/b15-12+,27-21?. The van der Waals surface area contributed by atoms with Gasteiger partial charge in [0.1, 0.15) is 11.6 Å². The maximum absolute atomic E-state index is 12.4. The summed E-state index contributed by atoms with van der Waals surface area (Å²) < 4.78 is 41.1. The van der Waals surface area contributed by atoms with Crippen molar-refractivity contribution in [3.8, 4) is 17.7 Å². The van der Waals surface area contributed by atoms with E-state index in [1.807, 2.05) is 19.9 Å². The number of ether oxygens (including phenoxy) is 1. The van der Waals surface area contributed by atoms with Crippen molar-refractivity contribution < 1.29 is 17.9 Å². The van der Waals surface area contributed by atoms with Crippen molar-refractivity contribution in [1.82, 2.24) is 15.6 Å². The monoisotopic (exact) mass is 443 g/mol. The van der Waals surface area contributed by atoms with Gasteiger partial charge in [0.25, 0.3) is 0 Å². The molecule has 0 aliphatic carbocycles. The van der Waals surface area contributed by atoms with Crippen molar-refractivity contribution in [3.63, 3.8) is 0 Å². The van der Waals surface area contributed by atoms with Gasteiger partial charge in [0, 0.05) is 60.8 Å². The van der Waals surface area contributed by atoms with Gasteiger partial charge in [-0.3, -0.25) is 0 Å². The van der Waals surface area contributed by atoms with E-state index >= 15 is 0 Å². The minimum absolute atomic E-state index is 0.0571. The average molecular weight is 443 g/mol. The maximum atomic E-state index is 12.4. The molecule has 1 saturated heterocycles. The van der Waals surface area contributed by atoms with Gasteiger partial charge in [0.05, 0.1) is 0 Å². The normalized spacial score (nSPS) is 14.1. The van der Waals surface area contributed by atoms with Gasteiger partial charge in [-0.1, -0.05) is 12.8 Å². The number of halogens is 3. The number of anilines is 2. The minimum Gasteiger partial charge on any atom is -0.406 e. The van der Waals surface area contributed by atoms with Crippen molar-refractivity contribution in [2.24, 2.45) is 5.92 Å². The Bertz CT molecular complexity index is 1050. The van der Waals surface area contributed by atoms with E-state index in [2.05, 4.69) is 37.6 Å². The molecule has 1 aliphatic rings.